The predicted octanol–water partition coefficient (Wildman–Crippen LogP) is 1.68. The van der Waals surface area contributed by atoms with Crippen molar-refractivity contribution in [3.05, 3.63) is 28.2 Å². The van der Waals surface area contributed by atoms with E-state index in [0.717, 1.165) is 5.56 Å². The van der Waals surface area contributed by atoms with Crippen LogP contribution in [0, 0.1) is 0 Å². The van der Waals surface area contributed by atoms with Gasteiger partial charge in [-0.05, 0) is 40.5 Å². The summed E-state index contributed by atoms with van der Waals surface area (Å²) in [5.74, 6) is 0.310. The SMILES string of the molecule is CC(CS(C)(=O)=O)NCc1ccc(O)c(Br)c1. The molecule has 0 radical (unpaired) electrons. The lowest BCUT2D eigenvalue weighted by molar-refractivity contribution is 0.471. The number of halogens is 1. The van der Waals surface area contributed by atoms with Gasteiger partial charge in [-0.3, -0.25) is 0 Å². The first-order chi connectivity index (χ1) is 7.78. The third kappa shape index (κ3) is 5.52. The number of phenols is 1. The average Bonchev–Trinajstić information content (AvgIpc) is 2.17. The Hall–Kier alpha value is -0.590. The molecule has 0 fully saturated rings. The molecule has 0 spiro atoms. The Balaban J connectivity index is 2.53. The van der Waals surface area contributed by atoms with Crippen LogP contribution < -0.4 is 5.32 Å². The lowest BCUT2D eigenvalue weighted by Crippen LogP contribution is -2.32. The number of hydrogen-bond donors (Lipinski definition) is 2. The van der Waals surface area contributed by atoms with Crippen molar-refractivity contribution in [2.45, 2.75) is 19.5 Å². The Labute approximate surface area is 110 Å². The summed E-state index contributed by atoms with van der Waals surface area (Å²) >= 11 is 3.23. The van der Waals surface area contributed by atoms with Crippen LogP contribution in [0.5, 0.6) is 5.75 Å². The molecule has 6 heteroatoms. The van der Waals surface area contributed by atoms with Gasteiger partial charge in [0.25, 0.3) is 0 Å². The standard InChI is InChI=1S/C11H16BrNO3S/c1-8(7-17(2,15)16)13-6-9-3-4-11(14)10(12)5-9/h3-5,8,13-14H,6-7H2,1-2H3. The van der Waals surface area contributed by atoms with Crippen molar-refractivity contribution in [2.24, 2.45) is 0 Å². The molecule has 96 valence electrons. The Morgan fingerprint density at radius 3 is 2.65 bits per heavy atom. The molecule has 0 aliphatic heterocycles. The number of phenolic OH excluding ortho intramolecular Hbond substituents is 1. The second-order valence-corrected chi connectivity index (χ2v) is 7.20. The van der Waals surface area contributed by atoms with Gasteiger partial charge in [-0.2, -0.15) is 0 Å². The molecular formula is C11H16BrNO3S. The van der Waals surface area contributed by atoms with Crippen molar-refractivity contribution in [1.82, 2.24) is 5.32 Å². The van der Waals surface area contributed by atoms with Crippen molar-refractivity contribution in [3.63, 3.8) is 0 Å². The van der Waals surface area contributed by atoms with Gasteiger partial charge in [0.15, 0.2) is 0 Å². The van der Waals surface area contributed by atoms with E-state index in [0.29, 0.717) is 11.0 Å². The maximum absolute atomic E-state index is 11.1. The number of aromatic hydroxyl groups is 1. The fourth-order valence-electron chi connectivity index (χ4n) is 1.47. The Morgan fingerprint density at radius 2 is 2.12 bits per heavy atom. The first-order valence-corrected chi connectivity index (χ1v) is 8.02. The highest BCUT2D eigenvalue weighted by molar-refractivity contribution is 9.10. The van der Waals surface area contributed by atoms with Crippen LogP contribution in [-0.2, 0) is 16.4 Å². The highest BCUT2D eigenvalue weighted by Gasteiger charge is 2.09. The molecule has 0 aliphatic rings. The van der Waals surface area contributed by atoms with Gasteiger partial charge in [0.2, 0.25) is 0 Å². The van der Waals surface area contributed by atoms with E-state index in [1.165, 1.54) is 6.26 Å². The Kier molecular flexibility index (Phi) is 4.97. The molecular weight excluding hydrogens is 306 g/mol. The van der Waals surface area contributed by atoms with Crippen molar-refractivity contribution in [3.8, 4) is 5.75 Å². The van der Waals surface area contributed by atoms with E-state index in [1.54, 1.807) is 18.2 Å². The second kappa shape index (κ2) is 5.84. The molecule has 0 amide bonds. The Bertz CT molecular complexity index is 487. The van der Waals surface area contributed by atoms with E-state index in [-0.39, 0.29) is 17.5 Å². The minimum atomic E-state index is -2.95. The highest BCUT2D eigenvalue weighted by Crippen LogP contribution is 2.24. The third-order valence-electron chi connectivity index (χ3n) is 2.22. The average molecular weight is 322 g/mol. The lowest BCUT2D eigenvalue weighted by Gasteiger charge is -2.12. The smallest absolute Gasteiger partial charge is 0.148 e. The number of sulfone groups is 1. The molecule has 0 aromatic heterocycles. The summed E-state index contributed by atoms with van der Waals surface area (Å²) in [7, 11) is -2.95. The van der Waals surface area contributed by atoms with E-state index in [4.69, 9.17) is 0 Å². The molecule has 0 saturated carbocycles. The molecule has 1 atom stereocenters. The van der Waals surface area contributed by atoms with Crippen LogP contribution in [0.1, 0.15) is 12.5 Å². The van der Waals surface area contributed by atoms with Gasteiger partial charge < -0.3 is 10.4 Å². The van der Waals surface area contributed by atoms with E-state index in [1.807, 2.05) is 6.92 Å². The molecule has 0 aliphatic carbocycles. The molecule has 17 heavy (non-hydrogen) atoms. The first-order valence-electron chi connectivity index (χ1n) is 5.16. The minimum absolute atomic E-state index is 0.0995. The van der Waals surface area contributed by atoms with Crippen molar-refractivity contribution >= 4 is 25.8 Å². The van der Waals surface area contributed by atoms with Crippen LogP contribution in [0.3, 0.4) is 0 Å². The molecule has 4 nitrogen and oxygen atoms in total. The van der Waals surface area contributed by atoms with Crippen molar-refractivity contribution in [1.29, 1.82) is 0 Å². The van der Waals surface area contributed by atoms with Gasteiger partial charge >= 0.3 is 0 Å². The van der Waals surface area contributed by atoms with Crippen LogP contribution in [-0.4, -0.2) is 31.6 Å². The molecule has 2 N–H and O–H groups in total. The lowest BCUT2D eigenvalue weighted by atomic mass is 10.2. The van der Waals surface area contributed by atoms with Gasteiger partial charge in [-0.15, -0.1) is 0 Å². The highest BCUT2D eigenvalue weighted by atomic mass is 79.9. The van der Waals surface area contributed by atoms with Gasteiger partial charge in [-0.1, -0.05) is 6.07 Å². The summed E-state index contributed by atoms with van der Waals surface area (Å²) in [6, 6.07) is 5.09. The third-order valence-corrected chi connectivity index (χ3v) is 3.96. The van der Waals surface area contributed by atoms with Gasteiger partial charge in [0.05, 0.1) is 10.2 Å². The largest absolute Gasteiger partial charge is 0.507 e. The molecule has 1 aromatic rings. The van der Waals surface area contributed by atoms with Gasteiger partial charge in [0, 0.05) is 18.8 Å². The quantitative estimate of drug-likeness (QED) is 0.866. The topological polar surface area (TPSA) is 66.4 Å². The number of hydrogen-bond acceptors (Lipinski definition) is 4. The van der Waals surface area contributed by atoms with Crippen LogP contribution in [0.15, 0.2) is 22.7 Å². The van der Waals surface area contributed by atoms with Crippen LogP contribution >= 0.6 is 15.9 Å². The molecule has 1 aromatic carbocycles. The maximum Gasteiger partial charge on any atom is 0.148 e. The van der Waals surface area contributed by atoms with Crippen LogP contribution in [0.25, 0.3) is 0 Å². The van der Waals surface area contributed by atoms with E-state index in [9.17, 15) is 13.5 Å². The van der Waals surface area contributed by atoms with Crippen molar-refractivity contribution < 1.29 is 13.5 Å². The van der Waals surface area contributed by atoms with Crippen molar-refractivity contribution in [2.75, 3.05) is 12.0 Å². The van der Waals surface area contributed by atoms with Gasteiger partial charge in [-0.25, -0.2) is 8.42 Å². The molecule has 0 saturated heterocycles. The van der Waals surface area contributed by atoms with E-state index < -0.39 is 9.84 Å². The fourth-order valence-corrected chi connectivity index (χ4v) is 2.92. The zero-order valence-electron chi connectivity index (χ0n) is 9.77. The zero-order chi connectivity index (χ0) is 13.1. The molecule has 0 bridgehead atoms. The normalized spacial score (nSPS) is 13.6. The number of rotatable bonds is 5. The summed E-state index contributed by atoms with van der Waals surface area (Å²) in [6.45, 7) is 2.39. The Morgan fingerprint density at radius 1 is 1.47 bits per heavy atom. The first kappa shape index (κ1) is 14.5. The summed E-state index contributed by atoms with van der Waals surface area (Å²) in [4.78, 5) is 0. The maximum atomic E-state index is 11.1. The summed E-state index contributed by atoms with van der Waals surface area (Å²) in [5.41, 5.74) is 0.982. The predicted molar refractivity (Wildman–Crippen MR) is 71.8 cm³/mol. The molecule has 1 rings (SSSR count). The fraction of sp³-hybridized carbons (Fsp3) is 0.455. The zero-order valence-corrected chi connectivity index (χ0v) is 12.2. The number of nitrogens with one attached hydrogen (secondary N) is 1. The summed E-state index contributed by atoms with van der Waals surface area (Å²) < 4.78 is 22.8. The second-order valence-electron chi connectivity index (χ2n) is 4.16. The number of benzene rings is 1. The van der Waals surface area contributed by atoms with Crippen LogP contribution in [0.4, 0.5) is 0 Å². The summed E-state index contributed by atoms with van der Waals surface area (Å²) in [6.07, 6.45) is 1.22. The monoisotopic (exact) mass is 321 g/mol. The van der Waals surface area contributed by atoms with E-state index >= 15 is 0 Å². The minimum Gasteiger partial charge on any atom is -0.507 e. The van der Waals surface area contributed by atoms with Crippen LogP contribution in [0.2, 0.25) is 0 Å². The van der Waals surface area contributed by atoms with Gasteiger partial charge in [0.1, 0.15) is 15.6 Å². The van der Waals surface area contributed by atoms with E-state index in [2.05, 4.69) is 21.2 Å². The molecule has 1 unspecified atom stereocenters. The molecule has 0 heterocycles. The summed E-state index contributed by atoms with van der Waals surface area (Å²) in [5, 5.41) is 12.4.